The number of nitrogens with zero attached hydrogens (tertiary/aromatic N) is 4. The number of amides is 3. The van der Waals surface area contributed by atoms with Crippen molar-refractivity contribution in [3.8, 4) is 0 Å². The van der Waals surface area contributed by atoms with E-state index in [1.165, 1.54) is 11.3 Å². The number of carbonyl (C=O) groups is 2. The molecule has 0 bridgehead atoms. The summed E-state index contributed by atoms with van der Waals surface area (Å²) in [5.74, 6) is -0.0293. The highest BCUT2D eigenvalue weighted by molar-refractivity contribution is 5.80. The fraction of sp³-hybridized carbons (Fsp3) is 0.476. The molecule has 4 rings (SSSR count). The minimum Gasteiger partial charge on any atom is -0.351 e. The first-order valence-corrected chi connectivity index (χ1v) is 10.0. The summed E-state index contributed by atoms with van der Waals surface area (Å²) in [4.78, 5) is 32.5. The number of imidazole rings is 1. The number of hydrogen-bond acceptors (Lipinski definition) is 3. The number of benzene rings is 1. The van der Waals surface area contributed by atoms with Gasteiger partial charge in [0, 0.05) is 38.3 Å². The van der Waals surface area contributed by atoms with Gasteiger partial charge in [-0.05, 0) is 24.8 Å². The molecule has 0 radical (unpaired) electrons. The summed E-state index contributed by atoms with van der Waals surface area (Å²) in [6.07, 6.45) is 5.33. The van der Waals surface area contributed by atoms with E-state index in [1.54, 1.807) is 4.90 Å². The third kappa shape index (κ3) is 3.88. The van der Waals surface area contributed by atoms with Gasteiger partial charge in [0.1, 0.15) is 0 Å². The number of primary amides is 1. The Hall–Kier alpha value is -2.83. The zero-order chi connectivity index (χ0) is 19.5. The van der Waals surface area contributed by atoms with E-state index >= 15 is 0 Å². The first-order chi connectivity index (χ1) is 13.6. The van der Waals surface area contributed by atoms with Crippen molar-refractivity contribution in [2.24, 2.45) is 11.7 Å². The highest BCUT2D eigenvalue weighted by atomic mass is 16.2. The molecule has 0 spiro atoms. The third-order valence-corrected chi connectivity index (χ3v) is 5.87. The number of aromatic nitrogens is 2. The Labute approximate surface area is 165 Å². The number of likely N-dealkylation sites (tertiary alicyclic amines) is 1. The normalized spacial score (nSPS) is 19.4. The van der Waals surface area contributed by atoms with Crippen LogP contribution >= 0.6 is 0 Å². The van der Waals surface area contributed by atoms with Crippen LogP contribution in [-0.2, 0) is 30.7 Å². The molecule has 1 aromatic carbocycles. The lowest BCUT2D eigenvalue weighted by atomic mass is 9.96. The first kappa shape index (κ1) is 18.5. The van der Waals surface area contributed by atoms with Crippen molar-refractivity contribution >= 4 is 11.9 Å². The fourth-order valence-corrected chi connectivity index (χ4v) is 4.28. The number of fused-ring (bicyclic) bond motifs is 1. The Morgan fingerprint density at radius 1 is 1.14 bits per heavy atom. The van der Waals surface area contributed by atoms with Crippen molar-refractivity contribution in [2.45, 2.75) is 38.8 Å². The summed E-state index contributed by atoms with van der Waals surface area (Å²) in [6.45, 7) is 3.24. The number of hydrogen-bond donors (Lipinski definition) is 1. The maximum atomic E-state index is 13.0. The molecule has 7 nitrogen and oxygen atoms in total. The zero-order valence-electron chi connectivity index (χ0n) is 16.1. The third-order valence-electron chi connectivity index (χ3n) is 5.87. The van der Waals surface area contributed by atoms with E-state index in [-0.39, 0.29) is 11.8 Å². The van der Waals surface area contributed by atoms with E-state index in [4.69, 9.17) is 5.73 Å². The summed E-state index contributed by atoms with van der Waals surface area (Å²) in [5, 5.41) is 0. The highest BCUT2D eigenvalue weighted by Gasteiger charge is 2.33. The van der Waals surface area contributed by atoms with Crippen molar-refractivity contribution in [2.75, 3.05) is 19.6 Å². The van der Waals surface area contributed by atoms with Crippen LogP contribution in [0.15, 0.2) is 36.7 Å². The summed E-state index contributed by atoms with van der Waals surface area (Å²) in [7, 11) is 0. The topological polar surface area (TPSA) is 84.5 Å². The predicted octanol–water partition coefficient (Wildman–Crippen LogP) is 1.80. The van der Waals surface area contributed by atoms with Crippen LogP contribution in [0.2, 0.25) is 0 Å². The molecule has 0 aliphatic carbocycles. The van der Waals surface area contributed by atoms with E-state index in [2.05, 4.69) is 33.8 Å². The maximum Gasteiger partial charge on any atom is 0.314 e. The molecule has 2 aliphatic rings. The predicted molar refractivity (Wildman–Crippen MR) is 105 cm³/mol. The van der Waals surface area contributed by atoms with E-state index in [0.717, 1.165) is 37.9 Å². The Balaban J connectivity index is 1.38. The molecule has 3 heterocycles. The van der Waals surface area contributed by atoms with Crippen molar-refractivity contribution in [3.63, 3.8) is 0 Å². The van der Waals surface area contributed by atoms with Gasteiger partial charge in [0.05, 0.1) is 24.5 Å². The second kappa shape index (κ2) is 8.04. The molecule has 1 unspecified atom stereocenters. The first-order valence-electron chi connectivity index (χ1n) is 10.0. The Morgan fingerprint density at radius 3 is 2.75 bits per heavy atom. The van der Waals surface area contributed by atoms with Gasteiger partial charge in [-0.25, -0.2) is 9.78 Å². The standard InChI is InChI=1S/C21H27N5O2/c22-21(28)25-10-4-7-17(13-25)20(27)24-12-9-19-18(14-24)23-15-26(19)11-8-16-5-2-1-3-6-16/h1-3,5-6,15,17H,4,7-14H2,(H2,22,28). The van der Waals surface area contributed by atoms with Crippen LogP contribution in [0.4, 0.5) is 4.79 Å². The van der Waals surface area contributed by atoms with Gasteiger partial charge < -0.3 is 20.1 Å². The number of urea groups is 1. The van der Waals surface area contributed by atoms with Gasteiger partial charge in [-0.2, -0.15) is 0 Å². The van der Waals surface area contributed by atoms with Crippen molar-refractivity contribution in [1.82, 2.24) is 19.4 Å². The molecular weight excluding hydrogens is 354 g/mol. The molecule has 1 saturated heterocycles. The number of nitrogens with two attached hydrogens (primary N) is 1. The van der Waals surface area contributed by atoms with Crippen molar-refractivity contribution in [3.05, 3.63) is 53.6 Å². The molecule has 2 aromatic rings. The average Bonchev–Trinajstić information content (AvgIpc) is 3.14. The molecule has 7 heteroatoms. The molecule has 1 atom stereocenters. The van der Waals surface area contributed by atoms with Gasteiger partial charge in [-0.1, -0.05) is 30.3 Å². The van der Waals surface area contributed by atoms with Gasteiger partial charge in [0.25, 0.3) is 0 Å². The lowest BCUT2D eigenvalue weighted by molar-refractivity contribution is -0.138. The quantitative estimate of drug-likeness (QED) is 0.876. The molecule has 2 N–H and O–H groups in total. The zero-order valence-corrected chi connectivity index (χ0v) is 16.1. The minimum absolute atomic E-state index is 0.121. The summed E-state index contributed by atoms with van der Waals surface area (Å²) in [6, 6.07) is 10.0. The van der Waals surface area contributed by atoms with Crippen molar-refractivity contribution < 1.29 is 9.59 Å². The number of carbonyl (C=O) groups excluding carboxylic acids is 2. The highest BCUT2D eigenvalue weighted by Crippen LogP contribution is 2.24. The van der Waals surface area contributed by atoms with Crippen LogP contribution in [-0.4, -0.2) is 50.9 Å². The smallest absolute Gasteiger partial charge is 0.314 e. The van der Waals surface area contributed by atoms with Gasteiger partial charge in [-0.3, -0.25) is 4.79 Å². The Bertz CT molecular complexity index is 848. The minimum atomic E-state index is -0.435. The lowest BCUT2D eigenvalue weighted by Gasteiger charge is -2.35. The van der Waals surface area contributed by atoms with Crippen molar-refractivity contribution in [1.29, 1.82) is 0 Å². The monoisotopic (exact) mass is 381 g/mol. The van der Waals surface area contributed by atoms with Crippen LogP contribution in [0.3, 0.4) is 0 Å². The second-order valence-electron chi connectivity index (χ2n) is 7.70. The molecule has 3 amide bonds. The second-order valence-corrected chi connectivity index (χ2v) is 7.70. The molecule has 0 saturated carbocycles. The van der Waals surface area contributed by atoms with Crippen LogP contribution in [0.5, 0.6) is 0 Å². The number of aryl methyl sites for hydroxylation is 2. The molecule has 28 heavy (non-hydrogen) atoms. The molecule has 2 aliphatic heterocycles. The number of piperidine rings is 1. The molecular formula is C21H27N5O2. The average molecular weight is 381 g/mol. The molecule has 148 valence electrons. The Morgan fingerprint density at radius 2 is 1.96 bits per heavy atom. The summed E-state index contributed by atoms with van der Waals surface area (Å²) >= 11 is 0. The number of rotatable bonds is 4. The van der Waals surface area contributed by atoms with E-state index in [9.17, 15) is 9.59 Å². The SMILES string of the molecule is NC(=O)N1CCCC(C(=O)N2CCc3c(ncn3CCc3ccccc3)C2)C1. The largest absolute Gasteiger partial charge is 0.351 e. The van der Waals surface area contributed by atoms with Crippen LogP contribution in [0, 0.1) is 5.92 Å². The maximum absolute atomic E-state index is 13.0. The van der Waals surface area contributed by atoms with Gasteiger partial charge in [0.15, 0.2) is 0 Å². The fourth-order valence-electron chi connectivity index (χ4n) is 4.28. The van der Waals surface area contributed by atoms with Crippen LogP contribution < -0.4 is 5.73 Å². The molecule has 1 aromatic heterocycles. The van der Waals surface area contributed by atoms with E-state index in [0.29, 0.717) is 26.2 Å². The van der Waals surface area contributed by atoms with E-state index < -0.39 is 6.03 Å². The summed E-state index contributed by atoms with van der Waals surface area (Å²) in [5.41, 5.74) is 8.94. The molecule has 1 fully saturated rings. The Kier molecular flexibility index (Phi) is 5.32. The summed E-state index contributed by atoms with van der Waals surface area (Å²) < 4.78 is 2.22. The van der Waals surface area contributed by atoms with Crippen LogP contribution in [0.1, 0.15) is 29.8 Å². The van der Waals surface area contributed by atoms with Crippen LogP contribution in [0.25, 0.3) is 0 Å². The van der Waals surface area contributed by atoms with E-state index in [1.807, 2.05) is 17.3 Å². The van der Waals surface area contributed by atoms with Gasteiger partial charge >= 0.3 is 6.03 Å². The van der Waals surface area contributed by atoms with Gasteiger partial charge in [-0.15, -0.1) is 0 Å². The van der Waals surface area contributed by atoms with Gasteiger partial charge in [0.2, 0.25) is 5.91 Å². The lowest BCUT2D eigenvalue weighted by Crippen LogP contribution is -2.49.